The molecule has 3 saturated heterocycles. The highest BCUT2D eigenvalue weighted by Crippen LogP contribution is 2.41. The molecule has 0 bridgehead atoms. The Hall–Kier alpha value is -4.67. The maximum Gasteiger partial charge on any atom is 0.320 e. The number of carbonyl (C=O) groups is 1. The van der Waals surface area contributed by atoms with Crippen molar-refractivity contribution in [2.45, 2.75) is 71.8 Å². The van der Waals surface area contributed by atoms with Crippen LogP contribution in [0.25, 0.3) is 11.1 Å². The minimum absolute atomic E-state index is 0.0243. The van der Waals surface area contributed by atoms with Gasteiger partial charge in [0.1, 0.15) is 42.6 Å². The van der Waals surface area contributed by atoms with E-state index in [9.17, 15) is 23.6 Å². The molecular weight excluding hydrogens is 764 g/mol. The van der Waals surface area contributed by atoms with Gasteiger partial charge in [0.2, 0.25) is 0 Å². The number of benzene rings is 3. The number of hydrogen-bond acceptors (Lipinski definition) is 10. The number of ether oxygens (including phenoxy) is 3. The quantitative estimate of drug-likeness (QED) is 0.120. The van der Waals surface area contributed by atoms with Gasteiger partial charge in [-0.2, -0.15) is 5.26 Å². The summed E-state index contributed by atoms with van der Waals surface area (Å²) >= 11 is 6.87. The fourth-order valence-electron chi connectivity index (χ4n) is 8.52. The average Bonchev–Trinajstić information content (AvgIpc) is 3.52. The average molecular weight is 813 g/mol. The number of rotatable bonds is 15. The lowest BCUT2D eigenvalue weighted by molar-refractivity contribution is -0.144. The molecule has 4 heterocycles. The summed E-state index contributed by atoms with van der Waals surface area (Å²) in [4.78, 5) is 20.5. The van der Waals surface area contributed by atoms with E-state index in [0.717, 1.165) is 90.0 Å². The number of nitrogens with zero attached hydrogens (tertiary/aromatic N) is 4. The van der Waals surface area contributed by atoms with Crippen LogP contribution in [-0.4, -0.2) is 84.6 Å². The van der Waals surface area contributed by atoms with Crippen LogP contribution in [0.4, 0.5) is 0 Å². The van der Waals surface area contributed by atoms with Gasteiger partial charge < -0.3 is 24.2 Å². The maximum atomic E-state index is 12.1. The minimum atomic E-state index is -2.87. The molecule has 1 N–H and O–H groups in total. The summed E-state index contributed by atoms with van der Waals surface area (Å²) in [6.07, 6.45) is 7.15. The van der Waals surface area contributed by atoms with Crippen LogP contribution in [0.5, 0.6) is 17.2 Å². The smallest absolute Gasteiger partial charge is 0.320 e. The fourth-order valence-corrected chi connectivity index (χ4v) is 10.9. The summed E-state index contributed by atoms with van der Waals surface area (Å²) in [5.74, 6) is 1.61. The molecule has 1 atom stereocenters. The summed E-state index contributed by atoms with van der Waals surface area (Å²) in [5.41, 5.74) is 7.12. The third-order valence-electron chi connectivity index (χ3n) is 11.6. The van der Waals surface area contributed by atoms with Crippen LogP contribution in [0.1, 0.15) is 65.5 Å². The zero-order valence-corrected chi connectivity index (χ0v) is 34.1. The lowest BCUT2D eigenvalue weighted by Gasteiger charge is -2.47. The van der Waals surface area contributed by atoms with Gasteiger partial charge in [-0.25, -0.2) is 8.42 Å². The van der Waals surface area contributed by atoms with Crippen LogP contribution in [0.2, 0.25) is 5.02 Å². The normalized spacial score (nSPS) is 18.8. The van der Waals surface area contributed by atoms with Gasteiger partial charge in [0.05, 0.1) is 28.7 Å². The van der Waals surface area contributed by atoms with Crippen molar-refractivity contribution in [2.24, 2.45) is 5.41 Å². The van der Waals surface area contributed by atoms with E-state index in [1.165, 1.54) is 6.20 Å². The molecule has 11 nitrogen and oxygen atoms in total. The van der Waals surface area contributed by atoms with Gasteiger partial charge >= 0.3 is 5.97 Å². The van der Waals surface area contributed by atoms with E-state index in [1.807, 2.05) is 29.2 Å². The lowest BCUT2D eigenvalue weighted by atomic mass is 9.79. The van der Waals surface area contributed by atoms with Crippen molar-refractivity contribution in [2.75, 3.05) is 44.3 Å². The van der Waals surface area contributed by atoms with Gasteiger partial charge in [0.25, 0.3) is 0 Å². The molecule has 3 aliphatic heterocycles. The van der Waals surface area contributed by atoms with Crippen LogP contribution in [0.15, 0.2) is 67.0 Å². The third-order valence-corrected chi connectivity index (χ3v) is 13.7. The molecule has 0 aliphatic carbocycles. The number of aliphatic carboxylic acids is 1. The number of pyridine rings is 1. The molecular formula is C44H49ClN4O7S. The van der Waals surface area contributed by atoms with Gasteiger partial charge in [-0.05, 0) is 92.1 Å². The molecule has 57 heavy (non-hydrogen) atoms. The SMILES string of the molecule is Cc1c(COc2cc(OCc3cncc(C#N)c3)c(CN3CCCC[C@H]3C(=O)O)cc2Cl)cccc1-c1cccc(OCCCN2CC3(CCS(=O)(=O)C3)C2)c1C. The molecule has 1 aromatic heterocycles. The summed E-state index contributed by atoms with van der Waals surface area (Å²) in [5, 5.41) is 19.7. The van der Waals surface area contributed by atoms with E-state index in [-0.39, 0.29) is 18.6 Å². The van der Waals surface area contributed by atoms with E-state index in [1.54, 1.807) is 24.4 Å². The van der Waals surface area contributed by atoms with Crippen molar-refractivity contribution in [1.29, 1.82) is 5.26 Å². The van der Waals surface area contributed by atoms with Crippen LogP contribution in [-0.2, 0) is 34.4 Å². The van der Waals surface area contributed by atoms with Crippen molar-refractivity contribution in [3.05, 3.63) is 105 Å². The Balaban J connectivity index is 1.03. The molecule has 0 amide bonds. The highest BCUT2D eigenvalue weighted by Gasteiger charge is 2.50. The van der Waals surface area contributed by atoms with Crippen LogP contribution in [0, 0.1) is 30.6 Å². The zero-order valence-electron chi connectivity index (χ0n) is 32.5. The van der Waals surface area contributed by atoms with Gasteiger partial charge in [-0.1, -0.05) is 48.4 Å². The highest BCUT2D eigenvalue weighted by atomic mass is 35.5. The summed E-state index contributed by atoms with van der Waals surface area (Å²) in [7, 11) is -2.87. The number of aromatic nitrogens is 1. The van der Waals surface area contributed by atoms with E-state index in [0.29, 0.717) is 59.7 Å². The molecule has 0 radical (unpaired) electrons. The van der Waals surface area contributed by atoms with E-state index < -0.39 is 21.8 Å². The minimum Gasteiger partial charge on any atom is -0.493 e. The summed E-state index contributed by atoms with van der Waals surface area (Å²) in [6, 6.07) is 19.1. The van der Waals surface area contributed by atoms with E-state index in [4.69, 9.17) is 25.8 Å². The van der Waals surface area contributed by atoms with Gasteiger partial charge in [-0.15, -0.1) is 0 Å². The molecule has 3 aliphatic rings. The molecule has 3 fully saturated rings. The molecule has 0 unspecified atom stereocenters. The van der Waals surface area contributed by atoms with E-state index in [2.05, 4.69) is 41.9 Å². The number of nitriles is 1. The number of sulfone groups is 1. The van der Waals surface area contributed by atoms with Crippen molar-refractivity contribution >= 4 is 27.4 Å². The Kier molecular flexibility index (Phi) is 12.4. The Bertz CT molecular complexity index is 2270. The number of likely N-dealkylation sites (tertiary alicyclic amines) is 2. The van der Waals surface area contributed by atoms with Gasteiger partial charge in [0.15, 0.2) is 9.84 Å². The van der Waals surface area contributed by atoms with Crippen LogP contribution in [0.3, 0.4) is 0 Å². The van der Waals surface area contributed by atoms with Crippen LogP contribution < -0.4 is 14.2 Å². The van der Waals surface area contributed by atoms with Crippen molar-refractivity contribution in [1.82, 2.24) is 14.8 Å². The Morgan fingerprint density at radius 1 is 0.965 bits per heavy atom. The highest BCUT2D eigenvalue weighted by molar-refractivity contribution is 7.91. The molecule has 4 aromatic rings. The Morgan fingerprint density at radius 3 is 2.49 bits per heavy atom. The Labute approximate surface area is 340 Å². The second kappa shape index (κ2) is 17.4. The predicted octanol–water partition coefficient (Wildman–Crippen LogP) is 7.38. The molecule has 13 heteroatoms. The summed E-state index contributed by atoms with van der Waals surface area (Å²) in [6.45, 7) is 8.73. The fraction of sp³-hybridized carbons (Fsp3) is 0.432. The first-order valence-corrected chi connectivity index (χ1v) is 21.8. The van der Waals surface area contributed by atoms with Gasteiger partial charge in [0, 0.05) is 61.2 Å². The van der Waals surface area contributed by atoms with Gasteiger partial charge in [-0.3, -0.25) is 14.7 Å². The standard InChI is InChI=1S/C44H49ClN4O7S/c1-30-34(8-5-9-36(30)37-10-6-12-40(31(37)2)54-16-7-14-48-27-44(28-48)13-17-57(52,53)29-44)26-56-42-20-41(55-25-33-18-32(21-46)22-47-23-33)35(19-38(42)45)24-49-15-4-3-11-39(49)43(50)51/h5-6,8-10,12,18-20,22-23,39H,3-4,7,11,13-17,24-29H2,1-2H3,(H,50,51)/t39-/m0/s1. The number of halogens is 1. The maximum absolute atomic E-state index is 12.1. The van der Waals surface area contributed by atoms with Crippen molar-refractivity contribution < 1.29 is 32.5 Å². The lowest BCUT2D eigenvalue weighted by Crippen LogP contribution is -2.57. The zero-order chi connectivity index (χ0) is 40.2. The van der Waals surface area contributed by atoms with Crippen LogP contribution >= 0.6 is 11.6 Å². The molecule has 300 valence electrons. The predicted molar refractivity (Wildman–Crippen MR) is 218 cm³/mol. The third kappa shape index (κ3) is 9.56. The van der Waals surface area contributed by atoms with Crippen molar-refractivity contribution in [3.8, 4) is 34.4 Å². The number of carboxylic acid groups (broad SMARTS) is 1. The molecule has 0 saturated carbocycles. The first-order valence-electron chi connectivity index (χ1n) is 19.6. The Morgan fingerprint density at radius 2 is 1.74 bits per heavy atom. The topological polar surface area (TPSA) is 142 Å². The molecule has 3 aromatic carbocycles. The molecule has 7 rings (SSSR count). The largest absolute Gasteiger partial charge is 0.493 e. The number of piperidine rings is 1. The second-order valence-corrected chi connectivity index (χ2v) is 18.3. The first kappa shape index (κ1) is 40.5. The number of hydrogen-bond donors (Lipinski definition) is 1. The van der Waals surface area contributed by atoms with Crippen molar-refractivity contribution in [3.63, 3.8) is 0 Å². The first-order chi connectivity index (χ1) is 27.4. The summed E-state index contributed by atoms with van der Waals surface area (Å²) < 4.78 is 42.9. The number of carboxylic acids is 1. The second-order valence-electron chi connectivity index (χ2n) is 15.8. The molecule has 1 spiro atoms. The van der Waals surface area contributed by atoms with E-state index >= 15 is 0 Å². The monoisotopic (exact) mass is 812 g/mol.